The summed E-state index contributed by atoms with van der Waals surface area (Å²) in [5.74, 6) is 0.513. The van der Waals surface area contributed by atoms with Crippen molar-refractivity contribution in [3.63, 3.8) is 0 Å². The summed E-state index contributed by atoms with van der Waals surface area (Å²) < 4.78 is 18.0. The van der Waals surface area contributed by atoms with Gasteiger partial charge in [-0.3, -0.25) is 4.79 Å². The van der Waals surface area contributed by atoms with E-state index in [-0.39, 0.29) is 11.7 Å². The molecule has 3 nitrogen and oxygen atoms in total. The van der Waals surface area contributed by atoms with Gasteiger partial charge in [-0.15, -0.1) is 0 Å². The maximum atomic E-state index is 12.7. The molecule has 0 aromatic heterocycles. The van der Waals surface area contributed by atoms with Crippen LogP contribution < -0.4 is 5.32 Å². The lowest BCUT2D eigenvalue weighted by atomic mass is 9.95. The molecular formula is C16H22FNO2. The largest absolute Gasteiger partial charge is 0.381 e. The van der Waals surface area contributed by atoms with E-state index in [4.69, 9.17) is 4.74 Å². The van der Waals surface area contributed by atoms with E-state index in [9.17, 15) is 9.18 Å². The van der Waals surface area contributed by atoms with E-state index >= 15 is 0 Å². The van der Waals surface area contributed by atoms with Gasteiger partial charge in [-0.05, 0) is 49.3 Å². The monoisotopic (exact) mass is 279 g/mol. The molecule has 1 saturated heterocycles. The number of amides is 1. The summed E-state index contributed by atoms with van der Waals surface area (Å²) >= 11 is 0. The topological polar surface area (TPSA) is 38.3 Å². The minimum absolute atomic E-state index is 0.110. The molecule has 1 N–H and O–H groups in total. The first-order valence-electron chi connectivity index (χ1n) is 7.33. The van der Waals surface area contributed by atoms with E-state index in [1.54, 1.807) is 12.1 Å². The number of benzene rings is 1. The van der Waals surface area contributed by atoms with Crippen LogP contribution in [0.5, 0.6) is 0 Å². The van der Waals surface area contributed by atoms with Crippen molar-refractivity contribution in [3.05, 3.63) is 35.6 Å². The summed E-state index contributed by atoms with van der Waals surface area (Å²) in [4.78, 5) is 11.7. The number of hydrogen-bond donors (Lipinski definition) is 1. The predicted molar refractivity (Wildman–Crippen MR) is 75.9 cm³/mol. The Bertz CT molecular complexity index is 413. The molecule has 1 aromatic carbocycles. The van der Waals surface area contributed by atoms with Crippen molar-refractivity contribution < 1.29 is 13.9 Å². The number of carbonyl (C=O) groups is 1. The van der Waals surface area contributed by atoms with Crippen LogP contribution in [0.25, 0.3) is 0 Å². The van der Waals surface area contributed by atoms with Crippen molar-refractivity contribution >= 4 is 5.91 Å². The molecule has 0 radical (unpaired) electrons. The highest BCUT2D eigenvalue weighted by Gasteiger charge is 2.14. The van der Waals surface area contributed by atoms with Crippen LogP contribution in [0.4, 0.5) is 4.39 Å². The number of rotatable bonds is 6. The molecule has 0 aliphatic carbocycles. The fourth-order valence-electron chi connectivity index (χ4n) is 2.46. The molecule has 110 valence electrons. The van der Waals surface area contributed by atoms with Gasteiger partial charge in [0.2, 0.25) is 5.91 Å². The molecule has 1 heterocycles. The minimum atomic E-state index is -0.228. The van der Waals surface area contributed by atoms with Gasteiger partial charge >= 0.3 is 0 Å². The average molecular weight is 279 g/mol. The third kappa shape index (κ3) is 5.29. The first-order chi connectivity index (χ1) is 9.74. The van der Waals surface area contributed by atoms with E-state index in [0.717, 1.165) is 44.5 Å². The highest BCUT2D eigenvalue weighted by molar-refractivity contribution is 5.75. The SMILES string of the molecule is O=C(CCC1CCOCC1)NCCc1ccc(F)cc1. The van der Waals surface area contributed by atoms with E-state index in [1.807, 2.05) is 0 Å². The molecule has 1 aliphatic heterocycles. The first kappa shape index (κ1) is 15.0. The highest BCUT2D eigenvalue weighted by atomic mass is 19.1. The number of nitrogens with one attached hydrogen (secondary N) is 1. The van der Waals surface area contributed by atoms with Gasteiger partial charge in [0, 0.05) is 26.2 Å². The maximum Gasteiger partial charge on any atom is 0.220 e. The normalized spacial score (nSPS) is 16.1. The molecular weight excluding hydrogens is 257 g/mol. The Morgan fingerprint density at radius 1 is 1.25 bits per heavy atom. The van der Waals surface area contributed by atoms with Gasteiger partial charge in [-0.2, -0.15) is 0 Å². The quantitative estimate of drug-likeness (QED) is 0.869. The maximum absolute atomic E-state index is 12.7. The van der Waals surface area contributed by atoms with Crippen molar-refractivity contribution in [2.45, 2.75) is 32.1 Å². The van der Waals surface area contributed by atoms with Crippen molar-refractivity contribution in [1.29, 1.82) is 0 Å². The number of carbonyl (C=O) groups excluding carboxylic acids is 1. The van der Waals surface area contributed by atoms with Crippen molar-refractivity contribution in [2.75, 3.05) is 19.8 Å². The van der Waals surface area contributed by atoms with Gasteiger partial charge in [0.1, 0.15) is 5.82 Å². The van der Waals surface area contributed by atoms with E-state index in [0.29, 0.717) is 18.9 Å². The fourth-order valence-corrected chi connectivity index (χ4v) is 2.46. The Morgan fingerprint density at radius 2 is 1.95 bits per heavy atom. The second-order valence-corrected chi connectivity index (χ2v) is 5.32. The molecule has 1 aliphatic rings. The van der Waals surface area contributed by atoms with Crippen LogP contribution in [-0.2, 0) is 16.0 Å². The van der Waals surface area contributed by atoms with Gasteiger partial charge in [0.05, 0.1) is 0 Å². The predicted octanol–water partition coefficient (Wildman–Crippen LogP) is 2.69. The smallest absolute Gasteiger partial charge is 0.220 e. The Hall–Kier alpha value is -1.42. The molecule has 1 fully saturated rings. The van der Waals surface area contributed by atoms with E-state index in [2.05, 4.69) is 5.32 Å². The summed E-state index contributed by atoms with van der Waals surface area (Å²) in [5.41, 5.74) is 1.04. The molecule has 1 amide bonds. The second-order valence-electron chi connectivity index (χ2n) is 5.32. The number of ether oxygens (including phenoxy) is 1. The van der Waals surface area contributed by atoms with E-state index in [1.165, 1.54) is 12.1 Å². The summed E-state index contributed by atoms with van der Waals surface area (Å²) in [5, 5.41) is 2.92. The Kier molecular flexibility index (Phi) is 5.99. The molecule has 1 aromatic rings. The fraction of sp³-hybridized carbons (Fsp3) is 0.562. The molecule has 2 rings (SSSR count). The van der Waals surface area contributed by atoms with Crippen LogP contribution in [-0.4, -0.2) is 25.7 Å². The van der Waals surface area contributed by atoms with Crippen molar-refractivity contribution in [1.82, 2.24) is 5.32 Å². The Morgan fingerprint density at radius 3 is 2.65 bits per heavy atom. The van der Waals surface area contributed by atoms with Crippen LogP contribution in [0.2, 0.25) is 0 Å². The molecule has 20 heavy (non-hydrogen) atoms. The minimum Gasteiger partial charge on any atom is -0.381 e. The summed E-state index contributed by atoms with van der Waals surface area (Å²) in [6, 6.07) is 6.40. The third-order valence-electron chi connectivity index (χ3n) is 3.77. The van der Waals surface area contributed by atoms with Crippen LogP contribution >= 0.6 is 0 Å². The Balaban J connectivity index is 1.58. The number of halogens is 1. The summed E-state index contributed by atoms with van der Waals surface area (Å²) in [6.07, 6.45) is 4.43. The molecule has 0 bridgehead atoms. The van der Waals surface area contributed by atoms with Crippen LogP contribution in [0, 0.1) is 11.7 Å². The van der Waals surface area contributed by atoms with Crippen LogP contribution in [0.15, 0.2) is 24.3 Å². The zero-order chi connectivity index (χ0) is 14.2. The van der Waals surface area contributed by atoms with Crippen molar-refractivity contribution in [2.24, 2.45) is 5.92 Å². The third-order valence-corrected chi connectivity index (χ3v) is 3.77. The zero-order valence-corrected chi connectivity index (χ0v) is 11.7. The summed E-state index contributed by atoms with van der Waals surface area (Å²) in [7, 11) is 0. The molecule has 0 spiro atoms. The van der Waals surface area contributed by atoms with Crippen molar-refractivity contribution in [3.8, 4) is 0 Å². The lowest BCUT2D eigenvalue weighted by molar-refractivity contribution is -0.121. The van der Waals surface area contributed by atoms with Gasteiger partial charge in [0.15, 0.2) is 0 Å². The number of hydrogen-bond acceptors (Lipinski definition) is 2. The molecule has 0 saturated carbocycles. The van der Waals surface area contributed by atoms with Gasteiger partial charge < -0.3 is 10.1 Å². The molecule has 0 atom stereocenters. The molecule has 4 heteroatoms. The van der Waals surface area contributed by atoms with Gasteiger partial charge in [-0.25, -0.2) is 4.39 Å². The lowest BCUT2D eigenvalue weighted by Crippen LogP contribution is -2.26. The second kappa shape index (κ2) is 8.00. The van der Waals surface area contributed by atoms with Gasteiger partial charge in [0.25, 0.3) is 0 Å². The highest BCUT2D eigenvalue weighted by Crippen LogP contribution is 2.19. The zero-order valence-electron chi connectivity index (χ0n) is 11.7. The van der Waals surface area contributed by atoms with Crippen LogP contribution in [0.1, 0.15) is 31.2 Å². The Labute approximate surface area is 119 Å². The van der Waals surface area contributed by atoms with E-state index < -0.39 is 0 Å². The van der Waals surface area contributed by atoms with Crippen LogP contribution in [0.3, 0.4) is 0 Å². The average Bonchev–Trinajstić information content (AvgIpc) is 2.48. The lowest BCUT2D eigenvalue weighted by Gasteiger charge is -2.21. The van der Waals surface area contributed by atoms with Gasteiger partial charge in [-0.1, -0.05) is 12.1 Å². The summed E-state index contributed by atoms with van der Waals surface area (Å²) in [6.45, 7) is 2.27. The first-order valence-corrected chi connectivity index (χ1v) is 7.33. The standard InChI is InChI=1S/C16H22FNO2/c17-15-4-1-13(2-5-15)7-10-18-16(19)6-3-14-8-11-20-12-9-14/h1-2,4-5,14H,3,6-12H2,(H,18,19). The molecule has 0 unspecified atom stereocenters.